The van der Waals surface area contributed by atoms with Gasteiger partial charge in [-0.25, -0.2) is 4.98 Å². The Hall–Kier alpha value is -1.22. The number of halogens is 3. The lowest BCUT2D eigenvalue weighted by molar-refractivity contribution is 0.912. The summed E-state index contributed by atoms with van der Waals surface area (Å²) < 4.78 is 1.99. The quantitative estimate of drug-likeness (QED) is 0.612. The van der Waals surface area contributed by atoms with Gasteiger partial charge in [0.1, 0.15) is 5.82 Å². The van der Waals surface area contributed by atoms with Crippen molar-refractivity contribution >= 4 is 45.8 Å². The molecule has 3 rings (SSSR count). The first-order chi connectivity index (χ1) is 9.72. The molecular weight excluding hydrogens is 315 g/mol. The largest absolute Gasteiger partial charge is 0.293 e. The monoisotopic (exact) mass is 324 g/mol. The topological polar surface area (TPSA) is 17.8 Å². The molecule has 0 saturated carbocycles. The average molecular weight is 326 g/mol. The van der Waals surface area contributed by atoms with E-state index in [-0.39, 0.29) is 0 Å². The molecule has 20 heavy (non-hydrogen) atoms. The van der Waals surface area contributed by atoms with Gasteiger partial charge in [-0.2, -0.15) is 0 Å². The number of hydrogen-bond acceptors (Lipinski definition) is 1. The first kappa shape index (κ1) is 13.7. The summed E-state index contributed by atoms with van der Waals surface area (Å²) in [5.74, 6) is 1.35. The molecule has 1 aromatic heterocycles. The highest BCUT2D eigenvalue weighted by Gasteiger charge is 2.16. The van der Waals surface area contributed by atoms with Crippen LogP contribution in [0.25, 0.3) is 16.7 Å². The van der Waals surface area contributed by atoms with E-state index in [0.29, 0.717) is 22.3 Å². The summed E-state index contributed by atoms with van der Waals surface area (Å²) >= 11 is 18.5. The number of hydrogen-bond donors (Lipinski definition) is 0. The van der Waals surface area contributed by atoms with Gasteiger partial charge in [-0.3, -0.25) is 4.57 Å². The number of imidazole rings is 1. The van der Waals surface area contributed by atoms with E-state index >= 15 is 0 Å². The van der Waals surface area contributed by atoms with Crippen LogP contribution in [0.2, 0.25) is 10.0 Å². The van der Waals surface area contributed by atoms with Crippen LogP contribution in [0.4, 0.5) is 0 Å². The van der Waals surface area contributed by atoms with Crippen LogP contribution in [0.5, 0.6) is 0 Å². The molecule has 3 aromatic rings. The third-order valence-corrected chi connectivity index (χ3v) is 3.92. The van der Waals surface area contributed by atoms with Crippen molar-refractivity contribution in [3.63, 3.8) is 0 Å². The summed E-state index contributed by atoms with van der Waals surface area (Å²) in [4.78, 5) is 4.62. The van der Waals surface area contributed by atoms with Crippen LogP contribution < -0.4 is 0 Å². The Morgan fingerprint density at radius 1 is 0.950 bits per heavy atom. The molecule has 0 N–H and O–H groups in total. The molecule has 0 aliphatic carbocycles. The molecule has 0 saturated heterocycles. The van der Waals surface area contributed by atoms with E-state index in [1.165, 1.54) is 0 Å². The zero-order valence-corrected chi connectivity index (χ0v) is 12.8. The number of para-hydroxylation sites is 2. The molecule has 0 radical (unpaired) electrons. The van der Waals surface area contributed by atoms with E-state index in [4.69, 9.17) is 34.8 Å². The predicted octanol–water partition coefficient (Wildman–Crippen LogP) is 5.11. The maximum absolute atomic E-state index is 6.34. The van der Waals surface area contributed by atoms with E-state index in [9.17, 15) is 0 Å². The molecule has 0 unspecified atom stereocenters. The number of aryl methyl sites for hydroxylation is 1. The minimum Gasteiger partial charge on any atom is -0.293 e. The number of rotatable bonds is 3. The molecule has 1 heterocycles. The van der Waals surface area contributed by atoms with Crippen LogP contribution in [0.15, 0.2) is 42.5 Å². The van der Waals surface area contributed by atoms with Crippen molar-refractivity contribution in [3.8, 4) is 5.69 Å². The second kappa shape index (κ2) is 5.65. The zero-order valence-electron chi connectivity index (χ0n) is 10.5. The summed E-state index contributed by atoms with van der Waals surface area (Å²) in [6.45, 7) is 0. The molecule has 102 valence electrons. The molecule has 0 aliphatic heterocycles. The summed E-state index contributed by atoms with van der Waals surface area (Å²) in [6, 6.07) is 13.3. The van der Waals surface area contributed by atoms with Gasteiger partial charge in [0.25, 0.3) is 0 Å². The van der Waals surface area contributed by atoms with Crippen molar-refractivity contribution in [2.24, 2.45) is 0 Å². The summed E-state index contributed by atoms with van der Waals surface area (Å²) in [7, 11) is 0. The smallest absolute Gasteiger partial charge is 0.115 e. The van der Waals surface area contributed by atoms with Gasteiger partial charge in [-0.05, 0) is 24.3 Å². The highest BCUT2D eigenvalue weighted by atomic mass is 35.5. The normalized spacial score (nSPS) is 11.2. The summed E-state index contributed by atoms with van der Waals surface area (Å²) in [6.07, 6.45) is 0.651. The third kappa shape index (κ3) is 2.28. The van der Waals surface area contributed by atoms with Gasteiger partial charge in [-0.1, -0.05) is 41.4 Å². The van der Waals surface area contributed by atoms with Crippen molar-refractivity contribution in [2.45, 2.75) is 6.42 Å². The molecule has 0 amide bonds. The van der Waals surface area contributed by atoms with Crippen molar-refractivity contribution in [3.05, 3.63) is 58.3 Å². The fourth-order valence-corrected chi connectivity index (χ4v) is 2.92. The van der Waals surface area contributed by atoms with E-state index < -0.39 is 0 Å². The first-order valence-corrected chi connectivity index (χ1v) is 7.48. The van der Waals surface area contributed by atoms with Crippen LogP contribution in [0.3, 0.4) is 0 Å². The first-order valence-electron chi connectivity index (χ1n) is 6.19. The molecule has 2 aromatic carbocycles. The van der Waals surface area contributed by atoms with Crippen molar-refractivity contribution < 1.29 is 0 Å². The predicted molar refractivity (Wildman–Crippen MR) is 85.5 cm³/mol. The molecule has 0 bridgehead atoms. The van der Waals surface area contributed by atoms with E-state index in [1.807, 2.05) is 47.0 Å². The Labute approximate surface area is 131 Å². The Morgan fingerprint density at radius 2 is 1.70 bits per heavy atom. The van der Waals surface area contributed by atoms with Crippen LogP contribution in [0, 0.1) is 0 Å². The van der Waals surface area contributed by atoms with Crippen molar-refractivity contribution in [1.82, 2.24) is 9.55 Å². The average Bonchev–Trinajstić information content (AvgIpc) is 2.79. The third-order valence-electron chi connectivity index (χ3n) is 3.11. The summed E-state index contributed by atoms with van der Waals surface area (Å²) in [5.41, 5.74) is 2.57. The maximum Gasteiger partial charge on any atom is 0.115 e. The molecule has 0 fully saturated rings. The fourth-order valence-electron chi connectivity index (χ4n) is 2.28. The Kier molecular flexibility index (Phi) is 3.88. The molecule has 0 spiro atoms. The molecule has 5 heteroatoms. The fraction of sp³-hybridized carbons (Fsp3) is 0.133. The molecular formula is C15H11Cl3N2. The SMILES string of the molecule is ClCCc1nc2cccc(Cl)c2n1-c1ccccc1Cl. The van der Waals surface area contributed by atoms with Gasteiger partial charge in [0, 0.05) is 12.3 Å². The van der Waals surface area contributed by atoms with Crippen molar-refractivity contribution in [2.75, 3.05) is 5.88 Å². The van der Waals surface area contributed by atoms with E-state index in [0.717, 1.165) is 22.5 Å². The molecule has 0 atom stereocenters. The van der Waals surface area contributed by atoms with E-state index in [1.54, 1.807) is 0 Å². The number of alkyl halides is 1. The number of fused-ring (bicyclic) bond motifs is 1. The Bertz CT molecular complexity index is 765. The molecule has 0 aliphatic rings. The van der Waals surface area contributed by atoms with Gasteiger partial charge in [0.15, 0.2) is 0 Å². The van der Waals surface area contributed by atoms with Crippen LogP contribution in [0.1, 0.15) is 5.82 Å². The van der Waals surface area contributed by atoms with E-state index in [2.05, 4.69) is 4.98 Å². The lowest BCUT2D eigenvalue weighted by Gasteiger charge is -2.11. The van der Waals surface area contributed by atoms with Gasteiger partial charge < -0.3 is 0 Å². The van der Waals surface area contributed by atoms with Crippen molar-refractivity contribution in [1.29, 1.82) is 0 Å². The van der Waals surface area contributed by atoms with Gasteiger partial charge in [0.05, 0.1) is 26.8 Å². The van der Waals surface area contributed by atoms with Crippen LogP contribution >= 0.6 is 34.8 Å². The van der Waals surface area contributed by atoms with Gasteiger partial charge in [0.2, 0.25) is 0 Å². The Balaban J connectivity index is 2.37. The lowest BCUT2D eigenvalue weighted by atomic mass is 10.2. The second-order valence-corrected chi connectivity index (χ2v) is 5.55. The minimum absolute atomic E-state index is 0.491. The zero-order chi connectivity index (χ0) is 14.1. The highest BCUT2D eigenvalue weighted by Crippen LogP contribution is 2.31. The molecule has 2 nitrogen and oxygen atoms in total. The Morgan fingerprint density at radius 3 is 2.45 bits per heavy atom. The highest BCUT2D eigenvalue weighted by molar-refractivity contribution is 6.35. The van der Waals surface area contributed by atoms with Crippen LogP contribution in [-0.4, -0.2) is 15.4 Å². The van der Waals surface area contributed by atoms with Gasteiger partial charge >= 0.3 is 0 Å². The lowest BCUT2D eigenvalue weighted by Crippen LogP contribution is -2.03. The minimum atomic E-state index is 0.491. The number of nitrogens with zero attached hydrogens (tertiary/aromatic N) is 2. The number of aromatic nitrogens is 2. The van der Waals surface area contributed by atoms with Gasteiger partial charge in [-0.15, -0.1) is 11.6 Å². The standard InChI is InChI=1S/C15H11Cl3N2/c16-9-8-14-19-12-6-3-5-11(18)15(12)20(14)13-7-2-1-4-10(13)17/h1-7H,8-9H2. The maximum atomic E-state index is 6.34. The van der Waals surface area contributed by atoms with Crippen LogP contribution in [-0.2, 0) is 6.42 Å². The number of benzene rings is 2. The summed E-state index contributed by atoms with van der Waals surface area (Å²) in [5, 5.41) is 1.30. The second-order valence-electron chi connectivity index (χ2n) is 4.36.